The Morgan fingerprint density at radius 2 is 1.63 bits per heavy atom. The number of rotatable bonds is 7. The van der Waals surface area contributed by atoms with E-state index in [-0.39, 0.29) is 28.7 Å². The minimum atomic E-state index is -4.08. The molecule has 0 saturated heterocycles. The molecule has 2 aromatic heterocycles. The molecule has 0 bridgehead atoms. The van der Waals surface area contributed by atoms with Crippen LogP contribution in [-0.4, -0.2) is 39.7 Å². The van der Waals surface area contributed by atoms with Crippen molar-refractivity contribution in [2.24, 2.45) is 0 Å². The van der Waals surface area contributed by atoms with E-state index in [2.05, 4.69) is 28.8 Å². The van der Waals surface area contributed by atoms with E-state index in [1.54, 1.807) is 61.5 Å². The molecule has 0 spiro atoms. The number of sulfonamides is 1. The molecule has 0 unspecified atom stereocenters. The summed E-state index contributed by atoms with van der Waals surface area (Å²) in [5.74, 6) is -0.311. The van der Waals surface area contributed by atoms with Crippen LogP contribution in [0.4, 0.5) is 17.3 Å². The topological polar surface area (TPSA) is 136 Å². The lowest BCUT2D eigenvalue weighted by atomic mass is 10.2. The first-order chi connectivity index (χ1) is 16.9. The molecule has 0 atom stereocenters. The molecule has 176 valence electrons. The van der Waals surface area contributed by atoms with E-state index in [1.807, 2.05) is 6.07 Å². The van der Waals surface area contributed by atoms with Crippen molar-refractivity contribution < 1.29 is 17.9 Å². The molecule has 5 aromatic rings. The van der Waals surface area contributed by atoms with Gasteiger partial charge in [0.25, 0.3) is 10.0 Å². The number of esters is 1. The van der Waals surface area contributed by atoms with Crippen molar-refractivity contribution in [1.29, 1.82) is 0 Å². The Morgan fingerprint density at radius 3 is 2.40 bits per heavy atom. The molecule has 0 fully saturated rings. The number of hydrogen-bond acceptors (Lipinski definition) is 10. The van der Waals surface area contributed by atoms with Gasteiger partial charge >= 0.3 is 5.97 Å². The van der Waals surface area contributed by atoms with Crippen LogP contribution in [-0.2, 0) is 14.8 Å². The van der Waals surface area contributed by atoms with Gasteiger partial charge in [0.1, 0.15) is 15.9 Å². The second-order valence-electron chi connectivity index (χ2n) is 7.33. The summed E-state index contributed by atoms with van der Waals surface area (Å²) in [7, 11) is -4.08. The molecule has 0 radical (unpaired) electrons. The number of ether oxygens (including phenoxy) is 1. The van der Waals surface area contributed by atoms with Gasteiger partial charge < -0.3 is 10.1 Å². The second kappa shape index (κ2) is 9.24. The minimum Gasteiger partial charge on any atom is -0.462 e. The summed E-state index contributed by atoms with van der Waals surface area (Å²) in [6, 6.07) is 18.5. The van der Waals surface area contributed by atoms with Crippen molar-refractivity contribution in [3.8, 4) is 0 Å². The molecule has 2 N–H and O–H groups in total. The highest BCUT2D eigenvalue weighted by Gasteiger charge is 2.23. The summed E-state index contributed by atoms with van der Waals surface area (Å²) < 4.78 is 42.5. The molecule has 0 aliphatic carbocycles. The number of para-hydroxylation sites is 2. The fourth-order valence-corrected chi connectivity index (χ4v) is 5.19. The standard InChI is InChI=1S/C23H18N6O4S2/c1-2-33-23(30)14-7-5-8-15(13-14)24-21-22(26-17-10-4-3-9-16(17)25-21)29-35(31,32)19-12-6-11-18-20(19)28-34-27-18/h3-13H,2H2,1H3,(H,24,25)(H,26,29). The Bertz CT molecular complexity index is 1670. The van der Waals surface area contributed by atoms with Crippen LogP contribution in [0.1, 0.15) is 17.3 Å². The van der Waals surface area contributed by atoms with Crippen molar-refractivity contribution in [1.82, 2.24) is 18.7 Å². The van der Waals surface area contributed by atoms with Gasteiger partial charge in [-0.25, -0.2) is 23.2 Å². The SMILES string of the molecule is CCOC(=O)c1cccc(Nc2nc3ccccc3nc2NS(=O)(=O)c2cccc3nsnc23)c1. The van der Waals surface area contributed by atoms with Crippen molar-refractivity contribution in [3.05, 3.63) is 72.3 Å². The van der Waals surface area contributed by atoms with Crippen LogP contribution in [0, 0.1) is 0 Å². The second-order valence-corrected chi connectivity index (χ2v) is 9.51. The van der Waals surface area contributed by atoms with E-state index in [4.69, 9.17) is 4.74 Å². The van der Waals surface area contributed by atoms with Gasteiger partial charge in [-0.3, -0.25) is 4.72 Å². The van der Waals surface area contributed by atoms with Crippen LogP contribution >= 0.6 is 11.7 Å². The predicted octanol–water partition coefficient (Wildman–Crippen LogP) is 4.36. The van der Waals surface area contributed by atoms with Crippen LogP contribution in [0.15, 0.2) is 71.6 Å². The number of fused-ring (bicyclic) bond motifs is 2. The lowest BCUT2D eigenvalue weighted by Crippen LogP contribution is -2.16. The lowest BCUT2D eigenvalue weighted by molar-refractivity contribution is 0.0526. The number of hydrogen-bond donors (Lipinski definition) is 2. The van der Waals surface area contributed by atoms with Gasteiger partial charge in [-0.05, 0) is 49.4 Å². The smallest absolute Gasteiger partial charge is 0.338 e. The van der Waals surface area contributed by atoms with Gasteiger partial charge in [-0.1, -0.05) is 24.3 Å². The first kappa shape index (κ1) is 22.6. The van der Waals surface area contributed by atoms with Crippen LogP contribution in [0.5, 0.6) is 0 Å². The van der Waals surface area contributed by atoms with Crippen molar-refractivity contribution in [3.63, 3.8) is 0 Å². The summed E-state index contributed by atoms with van der Waals surface area (Å²) in [6.07, 6.45) is 0. The number of carbonyl (C=O) groups is 1. The monoisotopic (exact) mass is 506 g/mol. The normalized spacial score (nSPS) is 11.5. The maximum atomic E-state index is 13.3. The summed E-state index contributed by atoms with van der Waals surface area (Å²) in [5, 5.41) is 3.07. The summed E-state index contributed by atoms with van der Waals surface area (Å²) in [6.45, 7) is 1.98. The van der Waals surface area contributed by atoms with Crippen LogP contribution in [0.25, 0.3) is 22.1 Å². The minimum absolute atomic E-state index is 0.00886. The average molecular weight is 507 g/mol. The molecule has 10 nitrogen and oxygen atoms in total. The predicted molar refractivity (Wildman–Crippen MR) is 133 cm³/mol. The number of nitrogens with one attached hydrogen (secondary N) is 2. The van der Waals surface area contributed by atoms with Gasteiger partial charge in [-0.2, -0.15) is 8.75 Å². The highest BCUT2D eigenvalue weighted by Crippen LogP contribution is 2.29. The van der Waals surface area contributed by atoms with Gasteiger partial charge in [0.05, 0.1) is 34.9 Å². The van der Waals surface area contributed by atoms with Crippen LogP contribution < -0.4 is 10.0 Å². The summed E-state index contributed by atoms with van der Waals surface area (Å²) >= 11 is 0.933. The average Bonchev–Trinajstić information content (AvgIpc) is 3.33. The molecule has 2 heterocycles. The Hall–Kier alpha value is -4.16. The third-order valence-corrected chi connectivity index (χ3v) is 6.89. The van der Waals surface area contributed by atoms with Gasteiger partial charge in [0, 0.05) is 5.69 Å². The molecule has 0 amide bonds. The zero-order valence-corrected chi connectivity index (χ0v) is 19.9. The zero-order valence-electron chi connectivity index (χ0n) is 18.3. The van der Waals surface area contributed by atoms with E-state index in [0.717, 1.165) is 11.7 Å². The van der Waals surface area contributed by atoms with E-state index in [9.17, 15) is 13.2 Å². The Morgan fingerprint density at radius 1 is 0.914 bits per heavy atom. The van der Waals surface area contributed by atoms with E-state index >= 15 is 0 Å². The molecule has 12 heteroatoms. The van der Waals surface area contributed by atoms with Gasteiger partial charge in [0.15, 0.2) is 11.6 Å². The van der Waals surface area contributed by atoms with Gasteiger partial charge in [-0.15, -0.1) is 0 Å². The highest BCUT2D eigenvalue weighted by atomic mass is 32.2. The Labute approximate surface area is 204 Å². The fourth-order valence-electron chi connectivity index (χ4n) is 3.41. The van der Waals surface area contributed by atoms with Crippen molar-refractivity contribution in [2.75, 3.05) is 16.6 Å². The van der Waals surface area contributed by atoms with E-state index < -0.39 is 16.0 Å². The molecule has 0 saturated carbocycles. The first-order valence-corrected chi connectivity index (χ1v) is 12.7. The highest BCUT2D eigenvalue weighted by molar-refractivity contribution is 7.93. The number of nitrogens with zero attached hydrogens (tertiary/aromatic N) is 4. The van der Waals surface area contributed by atoms with Crippen LogP contribution in [0.2, 0.25) is 0 Å². The van der Waals surface area contributed by atoms with Gasteiger partial charge in [0.2, 0.25) is 0 Å². The van der Waals surface area contributed by atoms with Crippen molar-refractivity contribution >= 4 is 67.1 Å². The van der Waals surface area contributed by atoms with E-state index in [0.29, 0.717) is 27.8 Å². The number of carbonyl (C=O) groups excluding carboxylic acids is 1. The van der Waals surface area contributed by atoms with Crippen LogP contribution in [0.3, 0.4) is 0 Å². The third kappa shape index (κ3) is 4.61. The molecular weight excluding hydrogens is 488 g/mol. The molecule has 0 aliphatic heterocycles. The summed E-state index contributed by atoms with van der Waals surface area (Å²) in [5.41, 5.74) is 2.67. The molecular formula is C23H18N6O4S2. The first-order valence-electron chi connectivity index (χ1n) is 10.5. The zero-order chi connectivity index (χ0) is 24.4. The maximum absolute atomic E-state index is 13.3. The summed E-state index contributed by atoms with van der Waals surface area (Å²) in [4.78, 5) is 21.2. The number of anilines is 3. The number of benzene rings is 3. The Kier molecular flexibility index (Phi) is 5.97. The fraction of sp³-hybridized carbons (Fsp3) is 0.0870. The largest absolute Gasteiger partial charge is 0.462 e. The number of aromatic nitrogens is 4. The molecule has 35 heavy (non-hydrogen) atoms. The third-order valence-electron chi connectivity index (χ3n) is 4.98. The maximum Gasteiger partial charge on any atom is 0.338 e. The molecule has 5 rings (SSSR count). The Balaban J connectivity index is 1.56. The van der Waals surface area contributed by atoms with E-state index in [1.165, 1.54) is 6.07 Å². The quantitative estimate of drug-likeness (QED) is 0.309. The molecule has 0 aliphatic rings. The lowest BCUT2D eigenvalue weighted by Gasteiger charge is -2.14. The molecule has 3 aromatic carbocycles. The van der Waals surface area contributed by atoms with Crippen molar-refractivity contribution in [2.45, 2.75) is 11.8 Å².